The van der Waals surface area contributed by atoms with Crippen LogP contribution in [0, 0.1) is 0 Å². The first-order valence-corrected chi connectivity index (χ1v) is 16.8. The number of nitrogens with zero attached hydrogens (tertiary/aromatic N) is 2. The highest BCUT2D eigenvalue weighted by molar-refractivity contribution is 7.92. The Morgan fingerprint density at radius 1 is 0.905 bits per heavy atom. The molecule has 3 aromatic carbocycles. The van der Waals surface area contributed by atoms with Crippen molar-refractivity contribution in [2.75, 3.05) is 17.1 Å². The van der Waals surface area contributed by atoms with Crippen LogP contribution in [0.25, 0.3) is 0 Å². The molecule has 0 aliphatic heterocycles. The monoisotopic (exact) mass is 629 g/mol. The Labute approximate surface area is 258 Å². The van der Waals surface area contributed by atoms with E-state index in [1.807, 2.05) is 42.5 Å². The number of benzene rings is 3. The minimum absolute atomic E-state index is 0.0577. The summed E-state index contributed by atoms with van der Waals surface area (Å²) in [6, 6.07) is 22.8. The first-order chi connectivity index (χ1) is 20.1. The van der Waals surface area contributed by atoms with E-state index in [2.05, 4.69) is 5.32 Å². The minimum Gasteiger partial charge on any atom is -0.352 e. The fourth-order valence-corrected chi connectivity index (χ4v) is 6.67. The fourth-order valence-electron chi connectivity index (χ4n) is 5.36. The second-order valence-electron chi connectivity index (χ2n) is 10.8. The van der Waals surface area contributed by atoms with E-state index in [4.69, 9.17) is 23.2 Å². The van der Waals surface area contributed by atoms with Gasteiger partial charge in [0.2, 0.25) is 21.8 Å². The Morgan fingerprint density at radius 3 is 2.21 bits per heavy atom. The molecule has 42 heavy (non-hydrogen) atoms. The zero-order valence-corrected chi connectivity index (χ0v) is 26.0. The van der Waals surface area contributed by atoms with Gasteiger partial charge in [0.05, 0.1) is 11.9 Å². The Morgan fingerprint density at radius 2 is 1.57 bits per heavy atom. The summed E-state index contributed by atoms with van der Waals surface area (Å²) in [6.45, 7) is 0.302. The number of halogens is 2. The second kappa shape index (κ2) is 14.9. The topological polar surface area (TPSA) is 86.8 Å². The van der Waals surface area contributed by atoms with Gasteiger partial charge in [0, 0.05) is 42.0 Å². The highest BCUT2D eigenvalue weighted by Crippen LogP contribution is 2.23. The van der Waals surface area contributed by atoms with Crippen molar-refractivity contribution in [2.24, 2.45) is 0 Å². The highest BCUT2D eigenvalue weighted by atomic mass is 35.5. The third kappa shape index (κ3) is 9.21. The van der Waals surface area contributed by atoms with Crippen LogP contribution in [-0.4, -0.2) is 50.0 Å². The maximum atomic E-state index is 13.9. The summed E-state index contributed by atoms with van der Waals surface area (Å²) >= 11 is 12.3. The van der Waals surface area contributed by atoms with Gasteiger partial charge in [-0.1, -0.05) is 78.5 Å². The molecule has 1 saturated carbocycles. The predicted molar refractivity (Wildman–Crippen MR) is 169 cm³/mol. The number of amides is 2. The summed E-state index contributed by atoms with van der Waals surface area (Å²) < 4.78 is 26.5. The van der Waals surface area contributed by atoms with Gasteiger partial charge in [-0.05, 0) is 66.8 Å². The van der Waals surface area contributed by atoms with Crippen LogP contribution in [0.1, 0.15) is 49.7 Å². The van der Waals surface area contributed by atoms with Gasteiger partial charge >= 0.3 is 0 Å². The lowest BCUT2D eigenvalue weighted by Gasteiger charge is -2.33. The van der Waals surface area contributed by atoms with Crippen molar-refractivity contribution < 1.29 is 18.0 Å². The molecule has 0 radical (unpaired) electrons. The zero-order valence-electron chi connectivity index (χ0n) is 23.7. The quantitative estimate of drug-likeness (QED) is 0.242. The number of sulfonamides is 1. The van der Waals surface area contributed by atoms with Gasteiger partial charge in [-0.2, -0.15) is 0 Å². The highest BCUT2D eigenvalue weighted by Gasteiger charge is 2.32. The molecule has 1 atom stereocenters. The van der Waals surface area contributed by atoms with E-state index < -0.39 is 16.1 Å². The summed E-state index contributed by atoms with van der Waals surface area (Å²) in [6.07, 6.45) is 5.82. The van der Waals surface area contributed by atoms with Gasteiger partial charge in [-0.15, -0.1) is 0 Å². The standard InChI is InChI=1S/C32H37Cl2N3O4S/c1-42(40,41)37(29-18-16-26(33)17-19-29)20-8-15-31(38)36(23-25-11-7-12-27(34)21-25)30(22-24-9-3-2-4-10-24)32(39)35-28-13-5-6-14-28/h2-4,7,9-12,16-19,21,28,30H,5-6,8,13-15,20,22-23H2,1H3,(H,35,39)/t30-/m1/s1. The molecule has 224 valence electrons. The molecule has 2 amide bonds. The maximum absolute atomic E-state index is 13.9. The third-order valence-corrected chi connectivity index (χ3v) is 9.16. The Hall–Kier alpha value is -3.07. The van der Waals surface area contributed by atoms with Crippen molar-refractivity contribution >= 4 is 50.7 Å². The lowest BCUT2D eigenvalue weighted by molar-refractivity contribution is -0.141. The molecular formula is C32H37Cl2N3O4S. The van der Waals surface area contributed by atoms with Gasteiger partial charge in [0.1, 0.15) is 6.04 Å². The van der Waals surface area contributed by atoms with Crippen LogP contribution < -0.4 is 9.62 Å². The molecule has 3 aromatic rings. The van der Waals surface area contributed by atoms with Crippen LogP contribution in [0.3, 0.4) is 0 Å². The lowest BCUT2D eigenvalue weighted by atomic mass is 10.0. The minimum atomic E-state index is -3.60. The van der Waals surface area contributed by atoms with Crippen LogP contribution in [-0.2, 0) is 32.6 Å². The van der Waals surface area contributed by atoms with Crippen molar-refractivity contribution in [3.8, 4) is 0 Å². The molecule has 1 aliphatic carbocycles. The SMILES string of the molecule is CS(=O)(=O)N(CCCC(=O)N(Cc1cccc(Cl)c1)[C@H](Cc1ccccc1)C(=O)NC1CCCC1)c1ccc(Cl)cc1. The molecule has 0 spiro atoms. The van der Waals surface area contributed by atoms with Crippen LogP contribution in [0.5, 0.6) is 0 Å². The van der Waals surface area contributed by atoms with Crippen molar-refractivity contribution in [2.45, 2.75) is 63.6 Å². The maximum Gasteiger partial charge on any atom is 0.243 e. The van der Waals surface area contributed by atoms with Crippen molar-refractivity contribution in [1.29, 1.82) is 0 Å². The normalized spacial score (nSPS) is 14.4. The van der Waals surface area contributed by atoms with Gasteiger partial charge in [0.15, 0.2) is 0 Å². The number of hydrogen-bond donors (Lipinski definition) is 1. The predicted octanol–water partition coefficient (Wildman–Crippen LogP) is 6.24. The van der Waals surface area contributed by atoms with E-state index in [1.54, 1.807) is 41.3 Å². The third-order valence-electron chi connectivity index (χ3n) is 7.48. The molecule has 0 unspecified atom stereocenters. The number of nitrogens with one attached hydrogen (secondary N) is 1. The molecule has 0 saturated heterocycles. The number of carbonyl (C=O) groups is 2. The molecule has 1 aliphatic rings. The largest absolute Gasteiger partial charge is 0.352 e. The average Bonchev–Trinajstić information content (AvgIpc) is 3.46. The summed E-state index contributed by atoms with van der Waals surface area (Å²) in [5, 5.41) is 4.24. The first kappa shape index (κ1) is 31.9. The molecule has 10 heteroatoms. The number of hydrogen-bond acceptors (Lipinski definition) is 4. The van der Waals surface area contributed by atoms with Crippen LogP contribution >= 0.6 is 23.2 Å². The van der Waals surface area contributed by atoms with Crippen LogP contribution in [0.4, 0.5) is 5.69 Å². The van der Waals surface area contributed by atoms with Gasteiger partial charge in [-0.3, -0.25) is 13.9 Å². The summed E-state index contributed by atoms with van der Waals surface area (Å²) in [4.78, 5) is 29.4. The molecule has 0 bridgehead atoms. The average molecular weight is 631 g/mol. The number of rotatable bonds is 13. The van der Waals surface area contributed by atoms with E-state index in [0.717, 1.165) is 43.1 Å². The summed E-state index contributed by atoms with van der Waals surface area (Å²) in [5.74, 6) is -0.415. The van der Waals surface area contributed by atoms with Crippen molar-refractivity contribution in [3.05, 3.63) is 100 Å². The molecular weight excluding hydrogens is 593 g/mol. The van der Waals surface area contributed by atoms with E-state index in [1.165, 1.54) is 4.31 Å². The summed E-state index contributed by atoms with van der Waals surface area (Å²) in [5.41, 5.74) is 2.23. The van der Waals surface area contributed by atoms with E-state index in [9.17, 15) is 18.0 Å². The van der Waals surface area contributed by atoms with Crippen molar-refractivity contribution in [3.63, 3.8) is 0 Å². The first-order valence-electron chi connectivity index (χ1n) is 14.2. The molecule has 0 heterocycles. The van der Waals surface area contributed by atoms with E-state index in [0.29, 0.717) is 22.2 Å². The second-order valence-corrected chi connectivity index (χ2v) is 13.5. The molecule has 7 nitrogen and oxygen atoms in total. The van der Waals surface area contributed by atoms with E-state index >= 15 is 0 Å². The smallest absolute Gasteiger partial charge is 0.243 e. The molecule has 4 rings (SSSR count). The van der Waals surface area contributed by atoms with Gasteiger partial charge in [-0.25, -0.2) is 8.42 Å². The van der Waals surface area contributed by atoms with Gasteiger partial charge in [0.25, 0.3) is 0 Å². The van der Waals surface area contributed by atoms with Crippen molar-refractivity contribution in [1.82, 2.24) is 10.2 Å². The van der Waals surface area contributed by atoms with E-state index in [-0.39, 0.29) is 43.8 Å². The lowest BCUT2D eigenvalue weighted by Crippen LogP contribution is -2.52. The zero-order chi connectivity index (χ0) is 30.1. The Balaban J connectivity index is 1.58. The van der Waals surface area contributed by atoms with Crippen LogP contribution in [0.2, 0.25) is 10.0 Å². The Kier molecular flexibility index (Phi) is 11.3. The van der Waals surface area contributed by atoms with Crippen LogP contribution in [0.15, 0.2) is 78.9 Å². The fraction of sp³-hybridized carbons (Fsp3) is 0.375. The number of anilines is 1. The number of carbonyl (C=O) groups excluding carboxylic acids is 2. The summed E-state index contributed by atoms with van der Waals surface area (Å²) in [7, 11) is -3.60. The molecule has 1 N–H and O–H groups in total. The Bertz CT molecular complexity index is 1450. The molecule has 1 fully saturated rings. The van der Waals surface area contributed by atoms with Gasteiger partial charge < -0.3 is 10.2 Å². The molecule has 0 aromatic heterocycles.